The van der Waals surface area contributed by atoms with Crippen LogP contribution in [-0.2, 0) is 9.47 Å². The molecule has 4 aromatic rings. The Kier molecular flexibility index (Phi) is 6.27. The molecule has 4 heterocycles. The average molecular weight is 544 g/mol. The molecule has 2 aliphatic rings. The zero-order valence-corrected chi connectivity index (χ0v) is 20.2. The fraction of sp³-hybridized carbons (Fsp3) is 0.346. The third kappa shape index (κ3) is 3.96. The van der Waals surface area contributed by atoms with Crippen LogP contribution in [0.2, 0.25) is 0 Å². The minimum atomic E-state index is -1.88. The Morgan fingerprint density at radius 2 is 1.82 bits per heavy atom. The van der Waals surface area contributed by atoms with Crippen LogP contribution in [0.15, 0.2) is 59.5 Å². The van der Waals surface area contributed by atoms with Gasteiger partial charge >= 0.3 is 0 Å². The first-order chi connectivity index (χ1) is 18.7. The van der Waals surface area contributed by atoms with E-state index in [4.69, 9.17) is 9.47 Å². The number of pyridine rings is 1. The molecular weight excluding hydrogens is 521 g/mol. The molecule has 204 valence electrons. The number of ether oxygens (including phenoxy) is 2. The van der Waals surface area contributed by atoms with Crippen LogP contribution in [-0.4, -0.2) is 72.2 Å². The largest absolute Gasteiger partial charge is 0.394 e. The molecule has 2 aliphatic heterocycles. The Balaban J connectivity index is 1.44. The minimum absolute atomic E-state index is 0.0672. The van der Waals surface area contributed by atoms with Gasteiger partial charge in [0.1, 0.15) is 30.0 Å². The van der Waals surface area contributed by atoms with Gasteiger partial charge in [0.25, 0.3) is 5.56 Å². The molecule has 1 spiro atoms. The maximum Gasteiger partial charge on any atom is 0.251 e. The Hall–Kier alpha value is -3.62. The van der Waals surface area contributed by atoms with Crippen LogP contribution in [0.3, 0.4) is 0 Å². The summed E-state index contributed by atoms with van der Waals surface area (Å²) in [6, 6.07) is 9.53. The Labute approximate surface area is 218 Å². The van der Waals surface area contributed by atoms with Crippen molar-refractivity contribution in [2.24, 2.45) is 0 Å². The summed E-state index contributed by atoms with van der Waals surface area (Å²) in [5.74, 6) is -6.37. The second kappa shape index (κ2) is 9.54. The lowest BCUT2D eigenvalue weighted by molar-refractivity contribution is -0.350. The molecule has 0 amide bonds. The Bertz CT molecular complexity index is 1590. The normalized spacial score (nSPS) is 28.9. The number of aliphatic hydroxyl groups excluding tert-OH is 3. The SMILES string of the molecule is O=c1ccc2ccccc2n1[C@@H]1CCO[C@]12O[C@H](CO)[C@H](O)[C@H](n1cc(-c3cc(F)c(F)c(F)c3)nn1)[C@H]2O. The van der Waals surface area contributed by atoms with Gasteiger partial charge in [-0.15, -0.1) is 5.10 Å². The van der Waals surface area contributed by atoms with Gasteiger partial charge in [-0.1, -0.05) is 23.4 Å². The number of fused-ring (bicyclic) bond motifs is 1. The van der Waals surface area contributed by atoms with Gasteiger partial charge in [-0.05, 0) is 36.1 Å². The molecule has 6 rings (SSSR count). The maximum absolute atomic E-state index is 13.8. The summed E-state index contributed by atoms with van der Waals surface area (Å²) in [7, 11) is 0. The monoisotopic (exact) mass is 544 g/mol. The molecule has 0 aliphatic carbocycles. The van der Waals surface area contributed by atoms with E-state index in [9.17, 15) is 33.3 Å². The van der Waals surface area contributed by atoms with Gasteiger partial charge in [0.2, 0.25) is 5.79 Å². The van der Waals surface area contributed by atoms with Gasteiger partial charge in [-0.3, -0.25) is 9.36 Å². The highest BCUT2D eigenvalue weighted by molar-refractivity contribution is 5.79. The zero-order valence-electron chi connectivity index (χ0n) is 20.2. The highest BCUT2D eigenvalue weighted by Crippen LogP contribution is 2.48. The van der Waals surface area contributed by atoms with E-state index in [1.54, 1.807) is 18.2 Å². The number of rotatable bonds is 4. The molecule has 2 saturated heterocycles. The lowest BCUT2D eigenvalue weighted by atomic mass is 9.86. The molecule has 2 aromatic carbocycles. The number of nitrogens with zero attached hydrogens (tertiary/aromatic N) is 4. The number of aromatic nitrogens is 4. The number of hydrogen-bond acceptors (Lipinski definition) is 8. The molecule has 6 atom stereocenters. The summed E-state index contributed by atoms with van der Waals surface area (Å²) in [4.78, 5) is 13.1. The van der Waals surface area contributed by atoms with E-state index in [0.717, 1.165) is 22.2 Å². The van der Waals surface area contributed by atoms with Gasteiger partial charge in [0, 0.05) is 11.6 Å². The van der Waals surface area contributed by atoms with Crippen LogP contribution in [0.25, 0.3) is 22.2 Å². The molecule has 10 nitrogen and oxygen atoms in total. The maximum atomic E-state index is 13.8. The fourth-order valence-electron chi connectivity index (χ4n) is 5.59. The fourth-order valence-corrected chi connectivity index (χ4v) is 5.59. The number of benzene rings is 2. The molecule has 13 heteroatoms. The number of para-hydroxylation sites is 1. The zero-order chi connectivity index (χ0) is 27.5. The van der Waals surface area contributed by atoms with Crippen LogP contribution in [0.4, 0.5) is 13.2 Å². The standard InChI is InChI=1S/C26H23F3N4O6/c27-15-9-14(10-16(28)22(15)29)17-11-32(31-30-17)23-24(36)19(12-34)39-26(25(23)37)20(7-8-38-26)33-18-4-2-1-3-13(18)5-6-21(33)35/h1-6,9-11,19-20,23-25,34,36-37H,7-8,12H2/t19-,20-,23+,24+,25-,26+/m1/s1. The van der Waals surface area contributed by atoms with Crippen molar-refractivity contribution in [1.82, 2.24) is 19.6 Å². The first-order valence-electron chi connectivity index (χ1n) is 12.2. The molecule has 2 aromatic heterocycles. The molecule has 0 unspecified atom stereocenters. The van der Waals surface area contributed by atoms with Crippen LogP contribution < -0.4 is 5.56 Å². The van der Waals surface area contributed by atoms with Gasteiger partial charge < -0.3 is 24.8 Å². The second-order valence-electron chi connectivity index (χ2n) is 9.58. The van der Waals surface area contributed by atoms with Crippen molar-refractivity contribution < 1.29 is 38.0 Å². The van der Waals surface area contributed by atoms with E-state index in [-0.39, 0.29) is 29.8 Å². The lowest BCUT2D eigenvalue weighted by Crippen LogP contribution is -2.65. The molecule has 39 heavy (non-hydrogen) atoms. The van der Waals surface area contributed by atoms with E-state index >= 15 is 0 Å². The van der Waals surface area contributed by atoms with E-state index in [1.165, 1.54) is 16.8 Å². The van der Waals surface area contributed by atoms with E-state index < -0.39 is 60.2 Å². The van der Waals surface area contributed by atoms with Gasteiger partial charge in [0.05, 0.1) is 31.0 Å². The smallest absolute Gasteiger partial charge is 0.251 e. The van der Waals surface area contributed by atoms with Crippen molar-refractivity contribution in [3.05, 3.63) is 82.5 Å². The second-order valence-corrected chi connectivity index (χ2v) is 9.58. The van der Waals surface area contributed by atoms with Crippen molar-refractivity contribution in [1.29, 1.82) is 0 Å². The molecule has 0 bridgehead atoms. The number of hydrogen-bond donors (Lipinski definition) is 3. The highest BCUT2D eigenvalue weighted by Gasteiger charge is 2.62. The first-order valence-corrected chi connectivity index (χ1v) is 12.2. The molecule has 0 radical (unpaired) electrons. The van der Waals surface area contributed by atoms with Gasteiger partial charge in [-0.25, -0.2) is 17.9 Å². The van der Waals surface area contributed by atoms with Crippen LogP contribution in [0, 0.1) is 17.5 Å². The third-order valence-electron chi connectivity index (χ3n) is 7.41. The predicted octanol–water partition coefficient (Wildman–Crippen LogP) is 1.69. The van der Waals surface area contributed by atoms with Crippen molar-refractivity contribution in [2.75, 3.05) is 13.2 Å². The number of halogens is 3. The minimum Gasteiger partial charge on any atom is -0.394 e. The van der Waals surface area contributed by atoms with E-state index in [2.05, 4.69) is 10.3 Å². The number of aliphatic hydroxyl groups is 3. The predicted molar refractivity (Wildman–Crippen MR) is 129 cm³/mol. The van der Waals surface area contributed by atoms with Crippen molar-refractivity contribution in [3.8, 4) is 11.3 Å². The van der Waals surface area contributed by atoms with Crippen molar-refractivity contribution in [2.45, 2.75) is 42.6 Å². The summed E-state index contributed by atoms with van der Waals surface area (Å²) >= 11 is 0. The summed E-state index contributed by atoms with van der Waals surface area (Å²) in [6.45, 7) is -0.572. The van der Waals surface area contributed by atoms with Crippen molar-refractivity contribution in [3.63, 3.8) is 0 Å². The highest BCUT2D eigenvalue weighted by atomic mass is 19.2. The third-order valence-corrected chi connectivity index (χ3v) is 7.41. The molecule has 3 N–H and O–H groups in total. The van der Waals surface area contributed by atoms with Crippen LogP contribution >= 0.6 is 0 Å². The quantitative estimate of drug-likeness (QED) is 0.331. The van der Waals surface area contributed by atoms with Crippen LogP contribution in [0.1, 0.15) is 18.5 Å². The topological polar surface area (TPSA) is 132 Å². The average Bonchev–Trinajstić information content (AvgIpc) is 3.58. The Morgan fingerprint density at radius 1 is 1.08 bits per heavy atom. The lowest BCUT2D eigenvalue weighted by Gasteiger charge is -2.49. The molecular formula is C26H23F3N4O6. The summed E-state index contributed by atoms with van der Waals surface area (Å²) in [5, 5.41) is 41.4. The van der Waals surface area contributed by atoms with Gasteiger partial charge in [-0.2, -0.15) is 0 Å². The first kappa shape index (κ1) is 25.6. The van der Waals surface area contributed by atoms with Crippen LogP contribution in [0.5, 0.6) is 0 Å². The summed E-state index contributed by atoms with van der Waals surface area (Å²) in [6.07, 6.45) is -2.96. The molecule has 2 fully saturated rings. The molecule has 0 saturated carbocycles. The summed E-state index contributed by atoms with van der Waals surface area (Å²) < 4.78 is 55.6. The van der Waals surface area contributed by atoms with E-state index in [0.29, 0.717) is 5.52 Å². The Morgan fingerprint density at radius 3 is 2.56 bits per heavy atom. The summed E-state index contributed by atoms with van der Waals surface area (Å²) in [5.41, 5.74) is 0.00941. The van der Waals surface area contributed by atoms with Crippen molar-refractivity contribution >= 4 is 10.9 Å². The van der Waals surface area contributed by atoms with Gasteiger partial charge in [0.15, 0.2) is 17.5 Å². The van der Waals surface area contributed by atoms with E-state index in [1.807, 2.05) is 12.1 Å².